The van der Waals surface area contributed by atoms with Gasteiger partial charge in [0.1, 0.15) is 18.0 Å². The smallest absolute Gasteiger partial charge is 0.407 e. The number of carbonyl (C=O) groups is 2. The predicted molar refractivity (Wildman–Crippen MR) is 136 cm³/mol. The van der Waals surface area contributed by atoms with E-state index in [0.717, 1.165) is 34.2 Å². The number of carbonyl (C=O) groups excluding carboxylic acids is 1. The average molecular weight is 476 g/mol. The molecule has 0 aromatic heterocycles. The van der Waals surface area contributed by atoms with E-state index in [9.17, 15) is 14.7 Å². The largest absolute Gasteiger partial charge is 0.489 e. The highest BCUT2D eigenvalue weighted by Gasteiger charge is 2.16. The SMILES string of the molecule is CCc1ccc(CC(=O)O)c(OCc2cccc(-c3cccc(CNC(=O)OC(C)(C)C)c3)c2)c1. The topological polar surface area (TPSA) is 84.9 Å². The molecular weight excluding hydrogens is 442 g/mol. The van der Waals surface area contributed by atoms with Crippen LogP contribution in [0.5, 0.6) is 5.75 Å². The molecule has 0 saturated carbocycles. The molecule has 0 aliphatic rings. The van der Waals surface area contributed by atoms with Crippen LogP contribution in [0.25, 0.3) is 11.1 Å². The van der Waals surface area contributed by atoms with Crippen LogP contribution in [0.4, 0.5) is 4.79 Å². The Morgan fingerprint density at radius 1 is 0.886 bits per heavy atom. The summed E-state index contributed by atoms with van der Waals surface area (Å²) in [5, 5.41) is 12.0. The summed E-state index contributed by atoms with van der Waals surface area (Å²) in [4.78, 5) is 23.2. The normalized spacial score (nSPS) is 11.1. The molecule has 0 aliphatic carbocycles. The van der Waals surface area contributed by atoms with Gasteiger partial charge in [-0.1, -0.05) is 55.5 Å². The standard InChI is InChI=1S/C29H33NO5/c1-5-20-12-13-25(17-27(31)32)26(16-20)34-19-22-9-7-11-24(15-22)23-10-6-8-21(14-23)18-30-28(33)35-29(2,3)4/h6-16H,5,17-19H2,1-4H3,(H,30,33)(H,31,32). The van der Waals surface area contributed by atoms with Gasteiger partial charge in [-0.05, 0) is 73.2 Å². The molecule has 0 fully saturated rings. The van der Waals surface area contributed by atoms with Gasteiger partial charge in [-0.2, -0.15) is 0 Å². The molecule has 3 aromatic carbocycles. The lowest BCUT2D eigenvalue weighted by Crippen LogP contribution is -2.32. The number of rotatable bonds is 9. The first-order valence-corrected chi connectivity index (χ1v) is 11.7. The lowest BCUT2D eigenvalue weighted by molar-refractivity contribution is -0.136. The zero-order chi connectivity index (χ0) is 25.4. The average Bonchev–Trinajstić information content (AvgIpc) is 2.81. The van der Waals surface area contributed by atoms with Gasteiger partial charge in [0, 0.05) is 12.1 Å². The van der Waals surface area contributed by atoms with Gasteiger partial charge in [-0.3, -0.25) is 4.79 Å². The maximum atomic E-state index is 12.0. The fourth-order valence-corrected chi connectivity index (χ4v) is 3.61. The molecule has 3 rings (SSSR count). The van der Waals surface area contributed by atoms with Gasteiger partial charge >= 0.3 is 12.1 Å². The van der Waals surface area contributed by atoms with Gasteiger partial charge in [-0.15, -0.1) is 0 Å². The van der Waals surface area contributed by atoms with E-state index in [1.165, 1.54) is 0 Å². The van der Waals surface area contributed by atoms with Gasteiger partial charge in [-0.25, -0.2) is 4.79 Å². The number of amides is 1. The van der Waals surface area contributed by atoms with E-state index < -0.39 is 17.7 Å². The van der Waals surface area contributed by atoms with Crippen molar-refractivity contribution in [2.75, 3.05) is 0 Å². The van der Waals surface area contributed by atoms with Gasteiger partial charge in [0.25, 0.3) is 0 Å². The van der Waals surface area contributed by atoms with Crippen LogP contribution in [-0.2, 0) is 35.5 Å². The number of benzene rings is 3. The second kappa shape index (κ2) is 11.6. The second-order valence-electron chi connectivity index (χ2n) is 9.41. The van der Waals surface area contributed by atoms with Crippen molar-refractivity contribution in [3.63, 3.8) is 0 Å². The highest BCUT2D eigenvalue weighted by atomic mass is 16.6. The van der Waals surface area contributed by atoms with Crippen molar-refractivity contribution >= 4 is 12.1 Å². The van der Waals surface area contributed by atoms with Crippen molar-refractivity contribution in [3.05, 3.63) is 89.0 Å². The zero-order valence-electron chi connectivity index (χ0n) is 20.8. The fraction of sp³-hybridized carbons (Fsp3) is 0.310. The van der Waals surface area contributed by atoms with Crippen molar-refractivity contribution in [3.8, 4) is 16.9 Å². The number of hydrogen-bond acceptors (Lipinski definition) is 4. The number of alkyl carbamates (subject to hydrolysis) is 1. The van der Waals surface area contributed by atoms with Gasteiger partial charge < -0.3 is 19.9 Å². The lowest BCUT2D eigenvalue weighted by atomic mass is 10.0. The predicted octanol–water partition coefficient (Wildman–Crippen LogP) is 6.15. The number of aryl methyl sites for hydroxylation is 1. The van der Waals surface area contributed by atoms with Crippen LogP contribution < -0.4 is 10.1 Å². The quantitative estimate of drug-likeness (QED) is 0.388. The highest BCUT2D eigenvalue weighted by molar-refractivity contribution is 5.71. The Bertz CT molecular complexity index is 1180. The number of carboxylic acids is 1. The molecule has 6 nitrogen and oxygen atoms in total. The Labute approximate surface area is 206 Å². The van der Waals surface area contributed by atoms with Crippen molar-refractivity contribution in [2.24, 2.45) is 0 Å². The van der Waals surface area contributed by atoms with Gasteiger partial charge in [0.2, 0.25) is 0 Å². The maximum absolute atomic E-state index is 12.0. The van der Waals surface area contributed by atoms with E-state index in [4.69, 9.17) is 9.47 Å². The molecule has 0 spiro atoms. The van der Waals surface area contributed by atoms with E-state index in [0.29, 0.717) is 24.5 Å². The first-order valence-electron chi connectivity index (χ1n) is 11.7. The minimum absolute atomic E-state index is 0.0799. The third kappa shape index (κ3) is 8.18. The van der Waals surface area contributed by atoms with Crippen LogP contribution in [0.3, 0.4) is 0 Å². The molecular formula is C29H33NO5. The minimum Gasteiger partial charge on any atom is -0.489 e. The summed E-state index contributed by atoms with van der Waals surface area (Å²) in [6, 6.07) is 21.7. The van der Waals surface area contributed by atoms with Crippen molar-refractivity contribution in [1.29, 1.82) is 0 Å². The lowest BCUT2D eigenvalue weighted by Gasteiger charge is -2.19. The number of carboxylic acid groups (broad SMARTS) is 1. The highest BCUT2D eigenvalue weighted by Crippen LogP contribution is 2.25. The molecule has 0 heterocycles. The zero-order valence-corrected chi connectivity index (χ0v) is 20.8. The molecule has 2 N–H and O–H groups in total. The third-order valence-electron chi connectivity index (χ3n) is 5.30. The number of hydrogen-bond donors (Lipinski definition) is 2. The van der Waals surface area contributed by atoms with E-state index in [1.807, 2.05) is 81.4 Å². The van der Waals surface area contributed by atoms with E-state index in [-0.39, 0.29) is 6.42 Å². The van der Waals surface area contributed by atoms with Crippen LogP contribution in [0, 0.1) is 0 Å². The first kappa shape index (κ1) is 25.8. The molecule has 184 valence electrons. The molecule has 6 heteroatoms. The molecule has 0 bridgehead atoms. The first-order chi connectivity index (χ1) is 16.6. The Hall–Kier alpha value is -3.80. The maximum Gasteiger partial charge on any atom is 0.407 e. The van der Waals surface area contributed by atoms with Crippen LogP contribution in [0.15, 0.2) is 66.7 Å². The van der Waals surface area contributed by atoms with E-state index in [2.05, 4.69) is 18.3 Å². The summed E-state index contributed by atoms with van der Waals surface area (Å²) in [5.74, 6) is -0.283. The summed E-state index contributed by atoms with van der Waals surface area (Å²) in [6.45, 7) is 8.24. The minimum atomic E-state index is -0.887. The number of nitrogens with one attached hydrogen (secondary N) is 1. The summed E-state index contributed by atoms with van der Waals surface area (Å²) in [7, 11) is 0. The monoisotopic (exact) mass is 475 g/mol. The molecule has 0 atom stereocenters. The van der Waals surface area contributed by atoms with E-state index in [1.54, 1.807) is 0 Å². The second-order valence-corrected chi connectivity index (χ2v) is 9.41. The summed E-state index contributed by atoms with van der Waals surface area (Å²) in [6.07, 6.45) is 0.318. The molecule has 0 aliphatic heterocycles. The van der Waals surface area contributed by atoms with Gasteiger partial charge in [0.15, 0.2) is 0 Å². The number of aliphatic carboxylic acids is 1. The Morgan fingerprint density at radius 3 is 2.17 bits per heavy atom. The van der Waals surface area contributed by atoms with E-state index >= 15 is 0 Å². The molecule has 35 heavy (non-hydrogen) atoms. The number of ether oxygens (including phenoxy) is 2. The summed E-state index contributed by atoms with van der Waals surface area (Å²) >= 11 is 0. The Kier molecular flexibility index (Phi) is 8.53. The van der Waals surface area contributed by atoms with Crippen molar-refractivity contribution < 1.29 is 24.2 Å². The summed E-state index contributed by atoms with van der Waals surface area (Å²) in [5.41, 5.74) is 5.21. The summed E-state index contributed by atoms with van der Waals surface area (Å²) < 4.78 is 11.4. The molecule has 0 radical (unpaired) electrons. The van der Waals surface area contributed by atoms with Gasteiger partial charge in [0.05, 0.1) is 6.42 Å². The van der Waals surface area contributed by atoms with Crippen molar-refractivity contribution in [1.82, 2.24) is 5.32 Å². The molecule has 3 aromatic rings. The van der Waals surface area contributed by atoms with Crippen LogP contribution in [-0.4, -0.2) is 22.8 Å². The van der Waals surface area contributed by atoms with Crippen molar-refractivity contribution in [2.45, 2.75) is 59.3 Å². The van der Waals surface area contributed by atoms with Crippen LogP contribution >= 0.6 is 0 Å². The van der Waals surface area contributed by atoms with Crippen LogP contribution in [0.2, 0.25) is 0 Å². The third-order valence-corrected chi connectivity index (χ3v) is 5.30. The Morgan fingerprint density at radius 2 is 1.54 bits per heavy atom. The molecule has 1 amide bonds. The van der Waals surface area contributed by atoms with Crippen LogP contribution in [0.1, 0.15) is 49.9 Å². The fourth-order valence-electron chi connectivity index (χ4n) is 3.61. The molecule has 0 unspecified atom stereocenters. The Balaban J connectivity index is 1.70. The molecule has 0 saturated heterocycles.